The fraction of sp³-hybridized carbons (Fsp3) is 0.125. The Labute approximate surface area is 177 Å². The van der Waals surface area contributed by atoms with Crippen LogP contribution in [0.4, 0.5) is 13.2 Å². The van der Waals surface area contributed by atoms with Gasteiger partial charge in [0.05, 0.1) is 0 Å². The van der Waals surface area contributed by atoms with Gasteiger partial charge in [-0.2, -0.15) is 0 Å². The number of alkyl halides is 3. The Morgan fingerprint density at radius 1 is 0.968 bits per heavy atom. The molecule has 0 aliphatic carbocycles. The largest absolute Gasteiger partial charge is 0.573 e. The third-order valence-electron chi connectivity index (χ3n) is 4.35. The predicted molar refractivity (Wildman–Crippen MR) is 111 cm³/mol. The standard InChI is InChI=1S/C24H19F3O4/c1-16-2-4-17(5-3-16)15-30-22-12-8-19(14-20(22)9-13-23(28)29)18-6-10-21(11-7-18)31-24(25,26)27/h2-14H,15H2,1H3,(H,28,29). The van der Waals surface area contributed by atoms with Gasteiger partial charge < -0.3 is 14.6 Å². The van der Waals surface area contributed by atoms with Gasteiger partial charge in [-0.25, -0.2) is 4.79 Å². The molecule has 160 valence electrons. The van der Waals surface area contributed by atoms with Crippen LogP contribution in [0.2, 0.25) is 0 Å². The highest BCUT2D eigenvalue weighted by Crippen LogP contribution is 2.31. The zero-order chi connectivity index (χ0) is 22.4. The SMILES string of the molecule is Cc1ccc(COc2ccc(-c3ccc(OC(F)(F)F)cc3)cc2C=CC(=O)O)cc1. The molecule has 0 saturated carbocycles. The molecule has 0 bridgehead atoms. The summed E-state index contributed by atoms with van der Waals surface area (Å²) in [4.78, 5) is 11.0. The number of hydrogen-bond donors (Lipinski definition) is 1. The minimum Gasteiger partial charge on any atom is -0.488 e. The molecule has 0 unspecified atom stereocenters. The van der Waals surface area contributed by atoms with E-state index >= 15 is 0 Å². The molecule has 0 radical (unpaired) electrons. The summed E-state index contributed by atoms with van der Waals surface area (Å²) in [6, 6.07) is 18.4. The van der Waals surface area contributed by atoms with Crippen molar-refractivity contribution in [3.8, 4) is 22.6 Å². The van der Waals surface area contributed by atoms with Gasteiger partial charge in [0.1, 0.15) is 18.1 Å². The molecule has 7 heteroatoms. The van der Waals surface area contributed by atoms with Crippen LogP contribution in [0.5, 0.6) is 11.5 Å². The highest BCUT2D eigenvalue weighted by molar-refractivity contribution is 5.86. The van der Waals surface area contributed by atoms with E-state index in [9.17, 15) is 18.0 Å². The lowest BCUT2D eigenvalue weighted by molar-refractivity contribution is -0.274. The number of hydrogen-bond acceptors (Lipinski definition) is 3. The highest BCUT2D eigenvalue weighted by Gasteiger charge is 2.30. The van der Waals surface area contributed by atoms with Crippen molar-refractivity contribution in [2.24, 2.45) is 0 Å². The molecule has 4 nitrogen and oxygen atoms in total. The first kappa shape index (κ1) is 22.0. The Balaban J connectivity index is 1.84. The van der Waals surface area contributed by atoms with Crippen LogP contribution < -0.4 is 9.47 Å². The second kappa shape index (κ2) is 9.38. The molecule has 3 aromatic rings. The molecule has 0 aliphatic rings. The Morgan fingerprint density at radius 2 is 1.61 bits per heavy atom. The maximum Gasteiger partial charge on any atom is 0.573 e. The van der Waals surface area contributed by atoms with Crippen LogP contribution in [0.3, 0.4) is 0 Å². The molecule has 0 saturated heterocycles. The van der Waals surface area contributed by atoms with E-state index in [1.54, 1.807) is 18.2 Å². The van der Waals surface area contributed by atoms with Gasteiger partial charge >= 0.3 is 12.3 Å². The van der Waals surface area contributed by atoms with Crippen LogP contribution >= 0.6 is 0 Å². The molecule has 31 heavy (non-hydrogen) atoms. The molecule has 3 rings (SSSR count). The number of aliphatic carboxylic acids is 1. The number of rotatable bonds is 7. The lowest BCUT2D eigenvalue weighted by atomic mass is 10.0. The molecule has 0 fully saturated rings. The lowest BCUT2D eigenvalue weighted by Gasteiger charge is -2.13. The number of aryl methyl sites for hydroxylation is 1. The zero-order valence-corrected chi connectivity index (χ0v) is 16.5. The summed E-state index contributed by atoms with van der Waals surface area (Å²) in [6.45, 7) is 2.29. The van der Waals surface area contributed by atoms with Gasteiger partial charge in [0.25, 0.3) is 0 Å². The lowest BCUT2D eigenvalue weighted by Crippen LogP contribution is -2.16. The Kier molecular flexibility index (Phi) is 6.65. The number of carbonyl (C=O) groups is 1. The quantitative estimate of drug-likeness (QED) is 0.453. The molecule has 1 N–H and O–H groups in total. The Hall–Kier alpha value is -3.74. The van der Waals surface area contributed by atoms with E-state index in [1.165, 1.54) is 30.3 Å². The average molecular weight is 428 g/mol. The van der Waals surface area contributed by atoms with Gasteiger partial charge in [-0.1, -0.05) is 48.0 Å². The summed E-state index contributed by atoms with van der Waals surface area (Å²) in [6.07, 6.45) is -2.34. The van der Waals surface area contributed by atoms with Crippen LogP contribution in [0.1, 0.15) is 16.7 Å². The van der Waals surface area contributed by atoms with Gasteiger partial charge in [0.2, 0.25) is 0 Å². The zero-order valence-electron chi connectivity index (χ0n) is 16.5. The molecule has 0 amide bonds. The molecular weight excluding hydrogens is 409 g/mol. The van der Waals surface area contributed by atoms with Crippen molar-refractivity contribution < 1.29 is 32.5 Å². The second-order valence-electron chi connectivity index (χ2n) is 6.77. The average Bonchev–Trinajstić information content (AvgIpc) is 2.71. The molecule has 0 heterocycles. The Bertz CT molecular complexity index is 1070. The van der Waals surface area contributed by atoms with Gasteiger partial charge in [0.15, 0.2) is 0 Å². The van der Waals surface area contributed by atoms with E-state index in [4.69, 9.17) is 9.84 Å². The van der Waals surface area contributed by atoms with Crippen LogP contribution in [-0.4, -0.2) is 17.4 Å². The summed E-state index contributed by atoms with van der Waals surface area (Å²) in [5.41, 5.74) is 3.95. The van der Waals surface area contributed by atoms with Crippen molar-refractivity contribution in [1.82, 2.24) is 0 Å². The summed E-state index contributed by atoms with van der Waals surface area (Å²) >= 11 is 0. The maximum atomic E-state index is 12.3. The minimum atomic E-state index is -4.76. The number of benzene rings is 3. The van der Waals surface area contributed by atoms with Crippen LogP contribution in [0.15, 0.2) is 72.8 Å². The summed E-state index contributed by atoms with van der Waals surface area (Å²) in [5.74, 6) is -0.942. The molecule has 0 aromatic heterocycles. The van der Waals surface area contributed by atoms with E-state index in [-0.39, 0.29) is 5.75 Å². The maximum absolute atomic E-state index is 12.3. The van der Waals surface area contributed by atoms with Crippen LogP contribution in [0, 0.1) is 6.92 Å². The third-order valence-corrected chi connectivity index (χ3v) is 4.35. The van der Waals surface area contributed by atoms with Crippen molar-refractivity contribution in [2.75, 3.05) is 0 Å². The first-order valence-corrected chi connectivity index (χ1v) is 9.29. The van der Waals surface area contributed by atoms with E-state index in [2.05, 4.69) is 4.74 Å². The molecule has 0 aliphatic heterocycles. The van der Waals surface area contributed by atoms with Crippen molar-refractivity contribution in [3.63, 3.8) is 0 Å². The molecular formula is C24H19F3O4. The van der Waals surface area contributed by atoms with E-state index in [0.717, 1.165) is 17.2 Å². The third kappa shape index (κ3) is 6.64. The number of halogens is 3. The van der Waals surface area contributed by atoms with Crippen LogP contribution in [0.25, 0.3) is 17.2 Å². The monoisotopic (exact) mass is 428 g/mol. The highest BCUT2D eigenvalue weighted by atomic mass is 19.4. The fourth-order valence-electron chi connectivity index (χ4n) is 2.85. The van der Waals surface area contributed by atoms with Gasteiger partial charge in [0, 0.05) is 11.6 Å². The second-order valence-corrected chi connectivity index (χ2v) is 6.77. The van der Waals surface area contributed by atoms with Gasteiger partial charge in [-0.3, -0.25) is 0 Å². The summed E-state index contributed by atoms with van der Waals surface area (Å²) < 4.78 is 46.8. The van der Waals surface area contributed by atoms with Crippen molar-refractivity contribution >= 4 is 12.0 Å². The first-order chi connectivity index (χ1) is 14.7. The van der Waals surface area contributed by atoms with E-state index < -0.39 is 12.3 Å². The van der Waals surface area contributed by atoms with Gasteiger partial charge in [-0.15, -0.1) is 13.2 Å². The van der Waals surface area contributed by atoms with Crippen molar-refractivity contribution in [3.05, 3.63) is 89.5 Å². The van der Waals surface area contributed by atoms with Crippen molar-refractivity contribution in [1.29, 1.82) is 0 Å². The predicted octanol–water partition coefficient (Wildman–Crippen LogP) is 6.24. The smallest absolute Gasteiger partial charge is 0.488 e. The summed E-state index contributed by atoms with van der Waals surface area (Å²) in [5, 5.41) is 8.98. The van der Waals surface area contributed by atoms with E-state index in [0.29, 0.717) is 29.0 Å². The van der Waals surface area contributed by atoms with E-state index in [1.807, 2.05) is 31.2 Å². The van der Waals surface area contributed by atoms with Crippen LogP contribution in [-0.2, 0) is 11.4 Å². The number of carboxylic acid groups (broad SMARTS) is 1. The topological polar surface area (TPSA) is 55.8 Å². The molecule has 3 aromatic carbocycles. The molecule has 0 spiro atoms. The normalized spacial score (nSPS) is 11.5. The summed E-state index contributed by atoms with van der Waals surface area (Å²) in [7, 11) is 0. The van der Waals surface area contributed by atoms with Gasteiger partial charge in [-0.05, 0) is 54.0 Å². The molecule has 0 atom stereocenters. The number of carboxylic acids is 1. The fourth-order valence-corrected chi connectivity index (χ4v) is 2.85. The minimum absolute atomic E-state index is 0.303. The van der Waals surface area contributed by atoms with Crippen molar-refractivity contribution in [2.45, 2.75) is 19.9 Å². The Morgan fingerprint density at radius 3 is 2.23 bits per heavy atom. The number of ether oxygens (including phenoxy) is 2. The first-order valence-electron chi connectivity index (χ1n) is 9.29.